The van der Waals surface area contributed by atoms with Crippen molar-refractivity contribution >= 4 is 32.5 Å². The molecular formula is C13H7ClF3N3O2S. The van der Waals surface area contributed by atoms with E-state index in [1.807, 2.05) is 0 Å². The lowest BCUT2D eigenvalue weighted by molar-refractivity contribution is -0.0435. The van der Waals surface area contributed by atoms with E-state index in [1.165, 1.54) is 18.3 Å². The topological polar surface area (TPSA) is 75.7 Å². The first kappa shape index (κ1) is 15.8. The summed E-state index contributed by atoms with van der Waals surface area (Å²) in [4.78, 5) is 9.98. The lowest BCUT2D eigenvalue weighted by atomic mass is 10.3. The molecule has 0 spiro atoms. The molecule has 2 aromatic heterocycles. The van der Waals surface area contributed by atoms with Crippen LogP contribution < -0.4 is 0 Å². The SMILES string of the molecule is O=S(=O)(c1ccc2nc(-c3ccc(Cl)nc3)[nH]c2c1)C(F)(F)F. The monoisotopic (exact) mass is 361 g/mol. The number of hydrogen-bond donors (Lipinski definition) is 1. The predicted octanol–water partition coefficient (Wildman–Crippen LogP) is 3.57. The first-order valence-electron chi connectivity index (χ1n) is 6.11. The van der Waals surface area contributed by atoms with E-state index < -0.39 is 20.2 Å². The number of rotatable bonds is 2. The van der Waals surface area contributed by atoms with Crippen LogP contribution in [0.5, 0.6) is 0 Å². The number of benzene rings is 1. The fourth-order valence-electron chi connectivity index (χ4n) is 1.94. The summed E-state index contributed by atoms with van der Waals surface area (Å²) in [5.41, 5.74) is -4.30. The Morgan fingerprint density at radius 3 is 2.48 bits per heavy atom. The zero-order valence-electron chi connectivity index (χ0n) is 11.1. The highest BCUT2D eigenvalue weighted by Crippen LogP contribution is 2.32. The van der Waals surface area contributed by atoms with Crippen molar-refractivity contribution in [2.24, 2.45) is 0 Å². The number of aromatic amines is 1. The second kappa shape index (κ2) is 5.20. The highest BCUT2D eigenvalue weighted by atomic mass is 35.5. The molecule has 0 atom stereocenters. The molecule has 3 aromatic rings. The molecule has 23 heavy (non-hydrogen) atoms. The molecule has 10 heteroatoms. The largest absolute Gasteiger partial charge is 0.501 e. The van der Waals surface area contributed by atoms with E-state index in [9.17, 15) is 21.6 Å². The average molecular weight is 362 g/mol. The summed E-state index contributed by atoms with van der Waals surface area (Å²) in [5, 5.41) is 0.281. The highest BCUT2D eigenvalue weighted by molar-refractivity contribution is 7.92. The van der Waals surface area contributed by atoms with Crippen LogP contribution in [0.4, 0.5) is 13.2 Å². The van der Waals surface area contributed by atoms with Crippen LogP contribution in [0.25, 0.3) is 22.4 Å². The maximum atomic E-state index is 12.6. The Hall–Kier alpha value is -2.13. The Morgan fingerprint density at radius 1 is 1.13 bits per heavy atom. The number of hydrogen-bond acceptors (Lipinski definition) is 4. The normalized spacial score (nSPS) is 12.7. The van der Waals surface area contributed by atoms with Gasteiger partial charge in [0.05, 0.1) is 15.9 Å². The van der Waals surface area contributed by atoms with Crippen molar-refractivity contribution in [2.45, 2.75) is 10.4 Å². The zero-order chi connectivity index (χ0) is 16.8. The van der Waals surface area contributed by atoms with Crippen LogP contribution in [0.3, 0.4) is 0 Å². The first-order valence-corrected chi connectivity index (χ1v) is 7.98. The lowest BCUT2D eigenvalue weighted by Gasteiger charge is -2.07. The third kappa shape index (κ3) is 2.77. The van der Waals surface area contributed by atoms with Crippen molar-refractivity contribution in [3.8, 4) is 11.4 Å². The molecular weight excluding hydrogens is 355 g/mol. The molecule has 5 nitrogen and oxygen atoms in total. The van der Waals surface area contributed by atoms with Crippen molar-refractivity contribution in [3.63, 3.8) is 0 Å². The van der Waals surface area contributed by atoms with Gasteiger partial charge in [-0.2, -0.15) is 13.2 Å². The van der Waals surface area contributed by atoms with Gasteiger partial charge in [0.1, 0.15) is 11.0 Å². The van der Waals surface area contributed by atoms with Crippen molar-refractivity contribution in [1.29, 1.82) is 0 Å². The number of nitrogens with one attached hydrogen (secondary N) is 1. The number of imidazole rings is 1. The number of sulfone groups is 1. The maximum Gasteiger partial charge on any atom is 0.501 e. The molecule has 0 amide bonds. The smallest absolute Gasteiger partial charge is 0.338 e. The van der Waals surface area contributed by atoms with E-state index in [1.54, 1.807) is 6.07 Å². The standard InChI is InChI=1S/C13H7ClF3N3O2S/c14-11-4-1-7(6-18-11)12-19-9-3-2-8(5-10(9)20-12)23(21,22)13(15,16)17/h1-6H,(H,19,20). The molecule has 0 aliphatic heterocycles. The molecule has 0 fully saturated rings. The van der Waals surface area contributed by atoms with Gasteiger partial charge in [0.2, 0.25) is 0 Å². The number of H-pyrrole nitrogens is 1. The van der Waals surface area contributed by atoms with Crippen LogP contribution in [0, 0.1) is 0 Å². The summed E-state index contributed by atoms with van der Waals surface area (Å²) >= 11 is 5.68. The molecule has 0 saturated heterocycles. The minimum Gasteiger partial charge on any atom is -0.338 e. The number of aromatic nitrogens is 3. The fourth-order valence-corrected chi connectivity index (χ4v) is 2.84. The molecule has 0 bridgehead atoms. The van der Waals surface area contributed by atoms with Crippen LogP contribution in [0.15, 0.2) is 41.4 Å². The Morgan fingerprint density at radius 2 is 1.87 bits per heavy atom. The fraction of sp³-hybridized carbons (Fsp3) is 0.0769. The molecule has 120 valence electrons. The van der Waals surface area contributed by atoms with E-state index in [0.29, 0.717) is 16.9 Å². The number of alkyl halides is 3. The molecule has 1 aromatic carbocycles. The number of fused-ring (bicyclic) bond motifs is 1. The van der Waals surface area contributed by atoms with Gasteiger partial charge < -0.3 is 4.98 Å². The van der Waals surface area contributed by atoms with Crippen LogP contribution in [0.2, 0.25) is 5.15 Å². The van der Waals surface area contributed by atoms with Gasteiger partial charge in [-0.1, -0.05) is 11.6 Å². The van der Waals surface area contributed by atoms with E-state index in [-0.39, 0.29) is 10.7 Å². The molecule has 0 saturated carbocycles. The maximum absolute atomic E-state index is 12.6. The molecule has 3 rings (SSSR count). The van der Waals surface area contributed by atoms with Gasteiger partial charge in [0.25, 0.3) is 9.84 Å². The van der Waals surface area contributed by atoms with Gasteiger partial charge in [-0.15, -0.1) is 0 Å². The summed E-state index contributed by atoms with van der Waals surface area (Å²) in [6.07, 6.45) is 1.44. The summed E-state index contributed by atoms with van der Waals surface area (Å²) in [7, 11) is -5.41. The average Bonchev–Trinajstić information content (AvgIpc) is 2.89. The van der Waals surface area contributed by atoms with Crippen LogP contribution in [0.1, 0.15) is 0 Å². The zero-order valence-corrected chi connectivity index (χ0v) is 12.7. The van der Waals surface area contributed by atoms with Gasteiger partial charge in [-0.05, 0) is 30.3 Å². The highest BCUT2D eigenvalue weighted by Gasteiger charge is 2.46. The van der Waals surface area contributed by atoms with Crippen molar-refractivity contribution < 1.29 is 21.6 Å². The summed E-state index contributed by atoms with van der Waals surface area (Å²) < 4.78 is 60.6. The number of nitrogens with zero attached hydrogens (tertiary/aromatic N) is 2. The molecule has 1 N–H and O–H groups in total. The summed E-state index contributed by atoms with van der Waals surface area (Å²) in [5.74, 6) is 0.339. The van der Waals surface area contributed by atoms with Gasteiger partial charge in [-0.3, -0.25) is 0 Å². The van der Waals surface area contributed by atoms with Gasteiger partial charge in [0, 0.05) is 11.8 Å². The predicted molar refractivity (Wildman–Crippen MR) is 77.6 cm³/mol. The lowest BCUT2D eigenvalue weighted by Crippen LogP contribution is -2.23. The van der Waals surface area contributed by atoms with Crippen molar-refractivity contribution in [1.82, 2.24) is 15.0 Å². The van der Waals surface area contributed by atoms with Gasteiger partial charge in [0.15, 0.2) is 0 Å². The first-order chi connectivity index (χ1) is 10.7. The Labute approximate surface area is 133 Å². The summed E-state index contributed by atoms with van der Waals surface area (Å²) in [6, 6.07) is 6.13. The second-order valence-electron chi connectivity index (χ2n) is 4.58. The Kier molecular flexibility index (Phi) is 3.56. The molecule has 0 aliphatic rings. The molecule has 0 unspecified atom stereocenters. The quantitative estimate of drug-likeness (QED) is 0.708. The third-order valence-corrected chi connectivity index (χ3v) is 4.78. The Balaban J connectivity index is 2.10. The van der Waals surface area contributed by atoms with Gasteiger partial charge >= 0.3 is 5.51 Å². The number of pyridine rings is 1. The van der Waals surface area contributed by atoms with Crippen molar-refractivity contribution in [2.75, 3.05) is 0 Å². The number of halogens is 4. The van der Waals surface area contributed by atoms with Crippen LogP contribution in [-0.4, -0.2) is 28.9 Å². The van der Waals surface area contributed by atoms with Crippen LogP contribution >= 0.6 is 11.6 Å². The van der Waals surface area contributed by atoms with Crippen LogP contribution in [-0.2, 0) is 9.84 Å². The molecule has 2 heterocycles. The minimum absolute atomic E-state index is 0.167. The second-order valence-corrected chi connectivity index (χ2v) is 6.91. The van der Waals surface area contributed by atoms with E-state index >= 15 is 0 Å². The van der Waals surface area contributed by atoms with Gasteiger partial charge in [-0.25, -0.2) is 18.4 Å². The third-order valence-electron chi connectivity index (χ3n) is 3.07. The van der Waals surface area contributed by atoms with E-state index in [0.717, 1.165) is 12.1 Å². The van der Waals surface area contributed by atoms with E-state index in [2.05, 4.69) is 15.0 Å². The van der Waals surface area contributed by atoms with E-state index in [4.69, 9.17) is 11.6 Å². The minimum atomic E-state index is -5.41. The molecule has 0 radical (unpaired) electrons. The van der Waals surface area contributed by atoms with Crippen molar-refractivity contribution in [3.05, 3.63) is 41.7 Å². The Bertz CT molecular complexity index is 982. The molecule has 0 aliphatic carbocycles. The summed E-state index contributed by atoms with van der Waals surface area (Å²) in [6.45, 7) is 0.